The second-order valence-electron chi connectivity index (χ2n) is 4.53. The summed E-state index contributed by atoms with van der Waals surface area (Å²) in [6.45, 7) is 0.112. The molecule has 0 spiro atoms. The third-order valence-corrected chi connectivity index (χ3v) is 3.73. The molecule has 2 aromatic carbocycles. The molecule has 0 aliphatic carbocycles. The molecule has 1 amide bonds. The first-order valence-electron chi connectivity index (χ1n) is 6.66. The van der Waals surface area contributed by atoms with Crippen molar-refractivity contribution in [1.29, 1.82) is 0 Å². The van der Waals surface area contributed by atoms with Gasteiger partial charge in [0.25, 0.3) is 5.91 Å². The van der Waals surface area contributed by atoms with Gasteiger partial charge in [-0.3, -0.25) is 9.59 Å². The number of amides is 1. The Morgan fingerprint density at radius 2 is 1.74 bits per heavy atom. The molecule has 0 unspecified atom stereocenters. The lowest BCUT2D eigenvalue weighted by atomic mass is 10.2. The molecule has 0 heterocycles. The zero-order valence-corrected chi connectivity index (χ0v) is 14.1. The zero-order valence-electron chi connectivity index (χ0n) is 11.8. The number of esters is 1. The Bertz CT molecular complexity index is 734. The molecular formula is C16H12Cl3NO3. The number of hydrogen-bond acceptors (Lipinski definition) is 3. The lowest BCUT2D eigenvalue weighted by molar-refractivity contribution is -0.134. The highest BCUT2D eigenvalue weighted by Crippen LogP contribution is 2.27. The Labute approximate surface area is 148 Å². The second kappa shape index (κ2) is 8.20. The highest BCUT2D eigenvalue weighted by molar-refractivity contribution is 6.34. The van der Waals surface area contributed by atoms with Crippen LogP contribution >= 0.6 is 34.8 Å². The minimum absolute atomic E-state index is 0.0148. The Kier molecular flexibility index (Phi) is 6.28. The molecule has 0 bridgehead atoms. The Morgan fingerprint density at radius 1 is 1.00 bits per heavy atom. The third kappa shape index (κ3) is 5.13. The lowest BCUT2D eigenvalue weighted by Crippen LogP contribution is -2.27. The molecule has 4 nitrogen and oxygen atoms in total. The van der Waals surface area contributed by atoms with E-state index in [1.54, 1.807) is 30.3 Å². The normalized spacial score (nSPS) is 10.2. The average molecular weight is 373 g/mol. The maximum Gasteiger partial charge on any atom is 0.313 e. The van der Waals surface area contributed by atoms with Crippen LogP contribution in [-0.4, -0.2) is 18.4 Å². The topological polar surface area (TPSA) is 55.4 Å². The fourth-order valence-corrected chi connectivity index (χ4v) is 2.29. The molecule has 7 heteroatoms. The van der Waals surface area contributed by atoms with Crippen LogP contribution in [0.5, 0.6) is 5.75 Å². The van der Waals surface area contributed by atoms with Crippen LogP contribution in [0, 0.1) is 0 Å². The predicted molar refractivity (Wildman–Crippen MR) is 90.5 cm³/mol. The summed E-state index contributed by atoms with van der Waals surface area (Å²) in [6.07, 6.45) is -0.0148. The van der Waals surface area contributed by atoms with Gasteiger partial charge in [-0.15, -0.1) is 0 Å². The highest BCUT2D eigenvalue weighted by atomic mass is 35.5. The molecule has 0 aliphatic heterocycles. The minimum Gasteiger partial charge on any atom is -0.425 e. The van der Waals surface area contributed by atoms with Gasteiger partial charge in [0, 0.05) is 17.6 Å². The first kappa shape index (κ1) is 17.6. The maximum atomic E-state index is 11.9. The summed E-state index contributed by atoms with van der Waals surface area (Å²) in [6, 6.07) is 11.2. The van der Waals surface area contributed by atoms with E-state index >= 15 is 0 Å². The number of benzene rings is 2. The van der Waals surface area contributed by atoms with E-state index in [2.05, 4.69) is 5.32 Å². The summed E-state index contributed by atoms with van der Waals surface area (Å²) in [4.78, 5) is 23.7. The zero-order chi connectivity index (χ0) is 16.8. The Balaban J connectivity index is 1.84. The SMILES string of the molecule is O=C(CCNC(=O)c1ccccc1Cl)Oc1cc(Cl)ccc1Cl. The molecule has 0 saturated carbocycles. The van der Waals surface area contributed by atoms with Crippen LogP contribution < -0.4 is 10.1 Å². The number of halogens is 3. The Morgan fingerprint density at radius 3 is 2.48 bits per heavy atom. The molecular weight excluding hydrogens is 361 g/mol. The molecule has 0 fully saturated rings. The largest absolute Gasteiger partial charge is 0.425 e. The van der Waals surface area contributed by atoms with Crippen molar-refractivity contribution in [2.75, 3.05) is 6.54 Å². The standard InChI is InChI=1S/C16H12Cl3NO3/c17-10-5-6-13(19)14(9-10)23-15(21)7-8-20-16(22)11-3-1-2-4-12(11)18/h1-6,9H,7-8H2,(H,20,22). The predicted octanol–water partition coefficient (Wildman–Crippen LogP) is 4.37. The van der Waals surface area contributed by atoms with Crippen LogP contribution in [-0.2, 0) is 4.79 Å². The summed E-state index contributed by atoms with van der Waals surface area (Å²) in [5, 5.41) is 3.63. The van der Waals surface area contributed by atoms with Crippen LogP contribution in [0.1, 0.15) is 16.8 Å². The van der Waals surface area contributed by atoms with Gasteiger partial charge in [-0.05, 0) is 24.3 Å². The van der Waals surface area contributed by atoms with Crippen LogP contribution in [0.2, 0.25) is 15.1 Å². The van der Waals surface area contributed by atoms with Crippen molar-refractivity contribution in [1.82, 2.24) is 5.32 Å². The molecule has 0 aliphatic rings. The van der Waals surface area contributed by atoms with E-state index in [0.29, 0.717) is 15.6 Å². The van der Waals surface area contributed by atoms with Crippen molar-refractivity contribution in [2.24, 2.45) is 0 Å². The summed E-state index contributed by atoms with van der Waals surface area (Å²) in [7, 11) is 0. The van der Waals surface area contributed by atoms with Gasteiger partial charge in [0.2, 0.25) is 0 Å². The first-order valence-corrected chi connectivity index (χ1v) is 7.79. The molecule has 0 radical (unpaired) electrons. The number of ether oxygens (including phenoxy) is 1. The van der Waals surface area contributed by atoms with Crippen molar-refractivity contribution in [3.8, 4) is 5.75 Å². The van der Waals surface area contributed by atoms with E-state index in [0.717, 1.165) is 0 Å². The minimum atomic E-state index is -0.534. The van der Waals surface area contributed by atoms with E-state index in [1.165, 1.54) is 12.1 Å². The summed E-state index contributed by atoms with van der Waals surface area (Å²) < 4.78 is 5.10. The van der Waals surface area contributed by atoms with Crippen molar-refractivity contribution < 1.29 is 14.3 Å². The van der Waals surface area contributed by atoms with E-state index in [1.807, 2.05) is 0 Å². The summed E-state index contributed by atoms with van der Waals surface area (Å²) >= 11 is 17.6. The first-order chi connectivity index (χ1) is 11.0. The van der Waals surface area contributed by atoms with Crippen LogP contribution in [0.3, 0.4) is 0 Å². The monoisotopic (exact) mass is 371 g/mol. The maximum absolute atomic E-state index is 11.9. The van der Waals surface area contributed by atoms with Crippen LogP contribution in [0.15, 0.2) is 42.5 Å². The molecule has 0 aromatic heterocycles. The van der Waals surface area contributed by atoms with Gasteiger partial charge < -0.3 is 10.1 Å². The third-order valence-electron chi connectivity index (χ3n) is 2.85. The molecule has 2 rings (SSSR count). The van der Waals surface area contributed by atoms with Crippen molar-refractivity contribution >= 4 is 46.7 Å². The summed E-state index contributed by atoms with van der Waals surface area (Å²) in [5.74, 6) is -0.709. The van der Waals surface area contributed by atoms with Gasteiger partial charge in [0.1, 0.15) is 0 Å². The molecule has 0 saturated heterocycles. The quantitative estimate of drug-likeness (QED) is 0.626. The fraction of sp³-hybridized carbons (Fsp3) is 0.125. The number of rotatable bonds is 5. The fourth-order valence-electron chi connectivity index (χ4n) is 1.75. The van der Waals surface area contributed by atoms with Crippen molar-refractivity contribution in [3.63, 3.8) is 0 Å². The van der Waals surface area contributed by atoms with Gasteiger partial charge in [-0.1, -0.05) is 46.9 Å². The number of nitrogens with one attached hydrogen (secondary N) is 1. The second-order valence-corrected chi connectivity index (χ2v) is 5.79. The molecule has 2 aromatic rings. The molecule has 120 valence electrons. The van der Waals surface area contributed by atoms with Gasteiger partial charge in [0.05, 0.1) is 22.0 Å². The lowest BCUT2D eigenvalue weighted by Gasteiger charge is -2.08. The van der Waals surface area contributed by atoms with Crippen molar-refractivity contribution in [3.05, 3.63) is 63.1 Å². The van der Waals surface area contributed by atoms with Crippen molar-refractivity contribution in [2.45, 2.75) is 6.42 Å². The number of carbonyl (C=O) groups is 2. The molecule has 23 heavy (non-hydrogen) atoms. The van der Waals surface area contributed by atoms with Gasteiger partial charge in [-0.25, -0.2) is 0 Å². The summed E-state index contributed by atoms with van der Waals surface area (Å²) in [5.41, 5.74) is 0.348. The van der Waals surface area contributed by atoms with E-state index in [-0.39, 0.29) is 29.6 Å². The smallest absolute Gasteiger partial charge is 0.313 e. The van der Waals surface area contributed by atoms with E-state index < -0.39 is 5.97 Å². The van der Waals surface area contributed by atoms with Crippen LogP contribution in [0.4, 0.5) is 0 Å². The Hall–Kier alpha value is -1.75. The van der Waals surface area contributed by atoms with E-state index in [9.17, 15) is 9.59 Å². The molecule has 1 N–H and O–H groups in total. The van der Waals surface area contributed by atoms with Gasteiger partial charge >= 0.3 is 5.97 Å². The number of hydrogen-bond donors (Lipinski definition) is 1. The van der Waals surface area contributed by atoms with E-state index in [4.69, 9.17) is 39.5 Å². The van der Waals surface area contributed by atoms with Gasteiger partial charge in [-0.2, -0.15) is 0 Å². The van der Waals surface area contributed by atoms with Gasteiger partial charge in [0.15, 0.2) is 5.75 Å². The highest BCUT2D eigenvalue weighted by Gasteiger charge is 2.12. The number of carbonyl (C=O) groups excluding carboxylic acids is 2. The molecule has 0 atom stereocenters. The average Bonchev–Trinajstić information content (AvgIpc) is 2.51. The van der Waals surface area contributed by atoms with Crippen LogP contribution in [0.25, 0.3) is 0 Å².